The van der Waals surface area contributed by atoms with Crippen molar-refractivity contribution < 1.29 is 27.1 Å². The van der Waals surface area contributed by atoms with Crippen molar-refractivity contribution in [2.45, 2.75) is 62.6 Å². The van der Waals surface area contributed by atoms with Gasteiger partial charge in [-0.2, -0.15) is 0 Å². The maximum absolute atomic E-state index is 14.6. The Hall–Kier alpha value is -4.41. The molecule has 0 heterocycles. The molecule has 0 aliphatic heterocycles. The third-order valence-corrected chi connectivity index (χ3v) is 10.4. The highest BCUT2D eigenvalue weighted by Gasteiger charge is 2.35. The zero-order valence-corrected chi connectivity index (χ0v) is 28.3. The Morgan fingerprint density at radius 3 is 2.17 bits per heavy atom. The number of benzene rings is 4. The second kappa shape index (κ2) is 16.1. The van der Waals surface area contributed by atoms with E-state index in [9.17, 15) is 22.4 Å². The Morgan fingerprint density at radius 2 is 1.54 bits per heavy atom. The maximum Gasteiger partial charge on any atom is 0.264 e. The van der Waals surface area contributed by atoms with E-state index >= 15 is 0 Å². The molecule has 4 aromatic rings. The van der Waals surface area contributed by atoms with E-state index in [0.29, 0.717) is 22.9 Å². The molecule has 1 saturated carbocycles. The van der Waals surface area contributed by atoms with Crippen LogP contribution in [0, 0.1) is 5.82 Å². The second-order valence-corrected chi connectivity index (χ2v) is 14.0. The first-order valence-corrected chi connectivity index (χ1v) is 17.8. The van der Waals surface area contributed by atoms with Crippen LogP contribution >= 0.6 is 11.6 Å². The van der Waals surface area contributed by atoms with E-state index in [1.165, 1.54) is 41.3 Å². The van der Waals surface area contributed by atoms with Crippen molar-refractivity contribution >= 4 is 39.1 Å². The van der Waals surface area contributed by atoms with E-state index in [0.717, 1.165) is 47.7 Å². The van der Waals surface area contributed by atoms with Crippen LogP contribution < -0.4 is 14.4 Å². The van der Waals surface area contributed by atoms with Crippen molar-refractivity contribution in [1.29, 1.82) is 0 Å². The number of nitrogens with zero attached hydrogens (tertiary/aromatic N) is 2. The summed E-state index contributed by atoms with van der Waals surface area (Å²) in [5, 5.41) is 3.67. The normalized spacial score (nSPS) is 13.9. The number of carbonyl (C=O) groups is 2. The first-order valence-electron chi connectivity index (χ1n) is 16.0. The number of hydrogen-bond donors (Lipinski definition) is 1. The van der Waals surface area contributed by atoms with E-state index in [-0.39, 0.29) is 35.5 Å². The average molecular weight is 692 g/mol. The molecule has 2 amide bonds. The summed E-state index contributed by atoms with van der Waals surface area (Å²) in [5.74, 6) is -0.978. The Kier molecular flexibility index (Phi) is 11.7. The van der Waals surface area contributed by atoms with Gasteiger partial charge in [0.1, 0.15) is 24.2 Å². The minimum Gasteiger partial charge on any atom is -0.494 e. The van der Waals surface area contributed by atoms with Gasteiger partial charge in [0.15, 0.2) is 0 Å². The molecule has 11 heteroatoms. The summed E-state index contributed by atoms with van der Waals surface area (Å²) in [5.41, 5.74) is 1.65. The van der Waals surface area contributed by atoms with Gasteiger partial charge in [0, 0.05) is 24.0 Å². The number of rotatable bonds is 14. The molecular formula is C37H39ClFN3O5S. The summed E-state index contributed by atoms with van der Waals surface area (Å²) in [6.07, 6.45) is 3.94. The number of anilines is 1. The van der Waals surface area contributed by atoms with Crippen LogP contribution in [0.3, 0.4) is 0 Å². The van der Waals surface area contributed by atoms with E-state index < -0.39 is 34.3 Å². The molecular weight excluding hydrogens is 653 g/mol. The predicted octanol–water partition coefficient (Wildman–Crippen LogP) is 6.77. The predicted molar refractivity (Wildman–Crippen MR) is 185 cm³/mol. The average Bonchev–Trinajstić information content (AvgIpc) is 3.60. The number of halogens is 2. The highest BCUT2D eigenvalue weighted by Crippen LogP contribution is 2.27. The monoisotopic (exact) mass is 691 g/mol. The second-order valence-electron chi connectivity index (χ2n) is 11.7. The van der Waals surface area contributed by atoms with Gasteiger partial charge in [-0.15, -0.1) is 0 Å². The molecule has 48 heavy (non-hydrogen) atoms. The zero-order valence-electron chi connectivity index (χ0n) is 26.7. The largest absolute Gasteiger partial charge is 0.494 e. The summed E-state index contributed by atoms with van der Waals surface area (Å²) in [7, 11) is -4.34. The summed E-state index contributed by atoms with van der Waals surface area (Å²) in [4.78, 5) is 30.0. The smallest absolute Gasteiger partial charge is 0.264 e. The number of sulfonamides is 1. The summed E-state index contributed by atoms with van der Waals surface area (Å²) in [6, 6.07) is 26.2. The highest BCUT2D eigenvalue weighted by molar-refractivity contribution is 7.92. The molecule has 1 aliphatic carbocycles. The van der Waals surface area contributed by atoms with Gasteiger partial charge >= 0.3 is 0 Å². The van der Waals surface area contributed by atoms with Gasteiger partial charge in [-0.3, -0.25) is 13.9 Å². The molecule has 0 unspecified atom stereocenters. The van der Waals surface area contributed by atoms with Gasteiger partial charge in [-0.05, 0) is 91.6 Å². The van der Waals surface area contributed by atoms with E-state index in [1.54, 1.807) is 24.3 Å². The van der Waals surface area contributed by atoms with Gasteiger partial charge in [0.05, 0.1) is 17.2 Å². The first kappa shape index (κ1) is 34.9. The Labute approximate surface area is 286 Å². The van der Waals surface area contributed by atoms with Gasteiger partial charge in [-0.25, -0.2) is 12.8 Å². The molecule has 0 bridgehead atoms. The molecule has 8 nitrogen and oxygen atoms in total. The maximum atomic E-state index is 14.6. The number of carbonyl (C=O) groups excluding carboxylic acids is 2. The lowest BCUT2D eigenvalue weighted by Gasteiger charge is -2.34. The molecule has 5 rings (SSSR count). The van der Waals surface area contributed by atoms with Crippen LogP contribution in [-0.4, -0.2) is 50.4 Å². The molecule has 0 spiro atoms. The molecule has 1 N–H and O–H groups in total. The Morgan fingerprint density at radius 1 is 0.896 bits per heavy atom. The van der Waals surface area contributed by atoms with Crippen molar-refractivity contribution in [2.24, 2.45) is 0 Å². The Bertz CT molecular complexity index is 1770. The van der Waals surface area contributed by atoms with Gasteiger partial charge < -0.3 is 15.0 Å². The number of amides is 2. The topological polar surface area (TPSA) is 96.0 Å². The standard InChI is InChI=1S/C37H39ClFN3O5S/c1-2-47-33-20-22-34(23-21-33)48(45,46)42(32-18-16-30(39)17-19-32)26-36(43)41(25-28-12-14-29(38)15-13-28)35(24-27-8-4-3-5-9-27)37(44)40-31-10-6-7-11-31/h3-5,8-9,12-23,31,35H,2,6-7,10-11,24-26H2,1H3,(H,40,44)/t35-/m1/s1. The summed E-state index contributed by atoms with van der Waals surface area (Å²) < 4.78 is 48.8. The number of nitrogens with one attached hydrogen (secondary N) is 1. The zero-order chi connectivity index (χ0) is 34.1. The van der Waals surface area contributed by atoms with Crippen LogP contribution in [-0.2, 0) is 32.6 Å². The highest BCUT2D eigenvalue weighted by atomic mass is 35.5. The van der Waals surface area contributed by atoms with Crippen LogP contribution in [0.4, 0.5) is 10.1 Å². The Balaban J connectivity index is 1.55. The fraction of sp³-hybridized carbons (Fsp3) is 0.297. The van der Waals surface area contributed by atoms with Crippen LogP contribution in [0.1, 0.15) is 43.7 Å². The lowest BCUT2D eigenvalue weighted by atomic mass is 10.0. The molecule has 1 aliphatic rings. The lowest BCUT2D eigenvalue weighted by molar-refractivity contribution is -0.140. The van der Waals surface area contributed by atoms with E-state index in [2.05, 4.69) is 5.32 Å². The summed E-state index contributed by atoms with van der Waals surface area (Å²) >= 11 is 6.16. The van der Waals surface area contributed by atoms with Crippen molar-refractivity contribution in [3.63, 3.8) is 0 Å². The molecule has 4 aromatic carbocycles. The van der Waals surface area contributed by atoms with Gasteiger partial charge in [0.2, 0.25) is 11.8 Å². The minimum atomic E-state index is -4.34. The van der Waals surface area contributed by atoms with Crippen molar-refractivity contribution in [3.05, 3.63) is 125 Å². The van der Waals surface area contributed by atoms with E-state index in [4.69, 9.17) is 16.3 Å². The van der Waals surface area contributed by atoms with Gasteiger partial charge in [-0.1, -0.05) is 66.9 Å². The molecule has 0 aromatic heterocycles. The van der Waals surface area contributed by atoms with Crippen LogP contribution in [0.15, 0.2) is 108 Å². The molecule has 0 radical (unpaired) electrons. The molecule has 0 saturated heterocycles. The minimum absolute atomic E-state index is 0.000918. The molecule has 252 valence electrons. The van der Waals surface area contributed by atoms with Crippen LogP contribution in [0.25, 0.3) is 0 Å². The van der Waals surface area contributed by atoms with Crippen LogP contribution in [0.2, 0.25) is 5.02 Å². The fourth-order valence-corrected chi connectivity index (χ4v) is 7.39. The third-order valence-electron chi connectivity index (χ3n) is 8.36. The van der Waals surface area contributed by atoms with E-state index in [1.807, 2.05) is 37.3 Å². The number of hydrogen-bond acceptors (Lipinski definition) is 5. The quantitative estimate of drug-likeness (QED) is 0.158. The van der Waals surface area contributed by atoms with Crippen molar-refractivity contribution in [1.82, 2.24) is 10.2 Å². The fourth-order valence-electron chi connectivity index (χ4n) is 5.85. The first-order chi connectivity index (χ1) is 23.1. The number of ether oxygens (including phenoxy) is 1. The van der Waals surface area contributed by atoms with Crippen LogP contribution in [0.5, 0.6) is 5.75 Å². The lowest BCUT2D eigenvalue weighted by Crippen LogP contribution is -2.54. The van der Waals surface area contributed by atoms with Crippen molar-refractivity contribution in [2.75, 3.05) is 17.5 Å². The summed E-state index contributed by atoms with van der Waals surface area (Å²) in [6.45, 7) is 1.61. The molecule has 1 fully saturated rings. The molecule has 1 atom stereocenters. The van der Waals surface area contributed by atoms with Gasteiger partial charge in [0.25, 0.3) is 10.0 Å². The van der Waals surface area contributed by atoms with Crippen molar-refractivity contribution in [3.8, 4) is 5.75 Å². The third kappa shape index (κ3) is 8.93. The SMILES string of the molecule is CCOc1ccc(S(=O)(=O)N(CC(=O)N(Cc2ccc(Cl)cc2)[C@H](Cc2ccccc2)C(=O)NC2CCCC2)c2ccc(F)cc2)cc1.